The average molecular weight is 523 g/mol. The van der Waals surface area contributed by atoms with Crippen molar-refractivity contribution in [2.24, 2.45) is 0 Å². The summed E-state index contributed by atoms with van der Waals surface area (Å²) in [4.78, 5) is 11.7. The molecule has 0 amide bonds. The second-order valence-electron chi connectivity index (χ2n) is 12.4. The highest BCUT2D eigenvalue weighted by Gasteiger charge is 2.10. The third-order valence-corrected chi connectivity index (χ3v) is 8.59. The molecule has 0 spiro atoms. The minimum atomic E-state index is 0.324. The third kappa shape index (κ3) is 27.3. The molecule has 0 bridgehead atoms. The molecule has 0 aromatic rings. The van der Waals surface area contributed by atoms with Gasteiger partial charge in [-0.05, 0) is 19.3 Å². The highest BCUT2D eigenvalue weighted by atomic mass is 17.2. The standard InChI is InChI=1S/C35H70O2/c1-2-3-4-5-6-7-8-17-20-23-26-29-32-35-33-30-27-24-21-18-15-13-11-9-10-12-14-16-19-22-25-28-31-34-36-37-35/h35H,2-34H2,1H3. The number of rotatable bonds is 13. The molecular formula is C35H70O2. The molecule has 0 radical (unpaired) electrons. The van der Waals surface area contributed by atoms with Crippen molar-refractivity contribution >= 4 is 0 Å². The van der Waals surface area contributed by atoms with Crippen LogP contribution in [-0.2, 0) is 9.78 Å². The van der Waals surface area contributed by atoms with Crippen molar-refractivity contribution in [3.8, 4) is 0 Å². The largest absolute Gasteiger partial charge is 0.236 e. The highest BCUT2D eigenvalue weighted by molar-refractivity contribution is 4.59. The third-order valence-electron chi connectivity index (χ3n) is 8.59. The zero-order valence-electron chi connectivity index (χ0n) is 25.7. The van der Waals surface area contributed by atoms with Crippen LogP contribution in [0.1, 0.15) is 212 Å². The SMILES string of the molecule is CCCCCCCCCCCCCCC1CCCCCCCCCCCCCCCCCCCCOO1. The average Bonchev–Trinajstić information content (AvgIpc) is 2.91. The fraction of sp³-hybridized carbons (Fsp3) is 1.00. The van der Waals surface area contributed by atoms with Gasteiger partial charge in [-0.15, -0.1) is 0 Å². The Morgan fingerprint density at radius 1 is 0.405 bits per heavy atom. The maximum atomic E-state index is 5.97. The van der Waals surface area contributed by atoms with Gasteiger partial charge in [0.15, 0.2) is 0 Å². The van der Waals surface area contributed by atoms with Crippen LogP contribution in [0.15, 0.2) is 0 Å². The molecule has 2 heteroatoms. The molecule has 0 aliphatic carbocycles. The summed E-state index contributed by atoms with van der Waals surface area (Å²) in [6, 6.07) is 0. The normalized spacial score (nSPS) is 21.5. The molecule has 1 saturated heterocycles. The van der Waals surface area contributed by atoms with E-state index in [2.05, 4.69) is 6.92 Å². The van der Waals surface area contributed by atoms with Crippen LogP contribution >= 0.6 is 0 Å². The Kier molecular flexibility index (Phi) is 28.8. The maximum Gasteiger partial charge on any atom is 0.0930 e. The van der Waals surface area contributed by atoms with Crippen LogP contribution in [-0.4, -0.2) is 12.7 Å². The summed E-state index contributed by atoms with van der Waals surface area (Å²) in [5.74, 6) is 0. The second-order valence-corrected chi connectivity index (χ2v) is 12.4. The lowest BCUT2D eigenvalue weighted by atomic mass is 10.0. The van der Waals surface area contributed by atoms with E-state index in [4.69, 9.17) is 9.78 Å². The highest BCUT2D eigenvalue weighted by Crippen LogP contribution is 2.19. The van der Waals surface area contributed by atoms with Crippen LogP contribution in [0.2, 0.25) is 0 Å². The van der Waals surface area contributed by atoms with Crippen molar-refractivity contribution in [1.29, 1.82) is 0 Å². The number of hydrogen-bond acceptors (Lipinski definition) is 2. The minimum absolute atomic E-state index is 0.324. The van der Waals surface area contributed by atoms with E-state index in [1.54, 1.807) is 0 Å². The Labute approximate surface area is 234 Å². The zero-order valence-corrected chi connectivity index (χ0v) is 25.7. The molecule has 1 rings (SSSR count). The zero-order chi connectivity index (χ0) is 26.3. The van der Waals surface area contributed by atoms with Crippen LogP contribution in [0.3, 0.4) is 0 Å². The lowest BCUT2D eigenvalue weighted by molar-refractivity contribution is -0.327. The number of unbranched alkanes of at least 4 members (excludes halogenated alkanes) is 11. The molecule has 0 saturated carbocycles. The molecule has 0 N–H and O–H groups in total. The van der Waals surface area contributed by atoms with Gasteiger partial charge in [0.1, 0.15) is 0 Å². The van der Waals surface area contributed by atoms with Crippen LogP contribution in [0.4, 0.5) is 0 Å². The fourth-order valence-electron chi connectivity index (χ4n) is 5.96. The van der Waals surface area contributed by atoms with Crippen LogP contribution in [0.5, 0.6) is 0 Å². The first-order valence-electron chi connectivity index (χ1n) is 17.7. The Bertz CT molecular complexity index is 386. The first-order valence-corrected chi connectivity index (χ1v) is 17.7. The first kappa shape index (κ1) is 34.9. The number of hydrogen-bond donors (Lipinski definition) is 0. The van der Waals surface area contributed by atoms with E-state index in [0.717, 1.165) is 13.0 Å². The molecule has 1 unspecified atom stereocenters. The molecule has 0 aromatic heterocycles. The van der Waals surface area contributed by atoms with Gasteiger partial charge in [-0.3, -0.25) is 0 Å². The van der Waals surface area contributed by atoms with E-state index in [0.29, 0.717) is 6.10 Å². The molecule has 0 aromatic carbocycles. The van der Waals surface area contributed by atoms with Gasteiger partial charge in [-0.25, -0.2) is 9.78 Å². The van der Waals surface area contributed by atoms with Crippen molar-refractivity contribution < 1.29 is 9.78 Å². The Morgan fingerprint density at radius 3 is 1.19 bits per heavy atom. The summed E-state index contributed by atoms with van der Waals surface area (Å²) < 4.78 is 0. The summed E-state index contributed by atoms with van der Waals surface area (Å²) >= 11 is 0. The monoisotopic (exact) mass is 523 g/mol. The van der Waals surface area contributed by atoms with E-state index in [9.17, 15) is 0 Å². The topological polar surface area (TPSA) is 18.5 Å². The van der Waals surface area contributed by atoms with Gasteiger partial charge in [0.05, 0.1) is 12.7 Å². The van der Waals surface area contributed by atoms with E-state index in [1.807, 2.05) is 0 Å². The van der Waals surface area contributed by atoms with Crippen LogP contribution in [0, 0.1) is 0 Å². The van der Waals surface area contributed by atoms with Crippen molar-refractivity contribution in [1.82, 2.24) is 0 Å². The molecule has 1 aliphatic rings. The van der Waals surface area contributed by atoms with Gasteiger partial charge < -0.3 is 0 Å². The smallest absolute Gasteiger partial charge is 0.0930 e. The fourth-order valence-corrected chi connectivity index (χ4v) is 5.96. The van der Waals surface area contributed by atoms with Crippen LogP contribution in [0.25, 0.3) is 0 Å². The van der Waals surface area contributed by atoms with E-state index in [1.165, 1.54) is 199 Å². The maximum absolute atomic E-state index is 5.97. The summed E-state index contributed by atoms with van der Waals surface area (Å²) in [5, 5.41) is 0. The molecule has 1 aliphatic heterocycles. The predicted molar refractivity (Wildman–Crippen MR) is 164 cm³/mol. The lowest BCUT2D eigenvalue weighted by Crippen LogP contribution is -2.14. The Balaban J connectivity index is 2.14. The molecule has 1 fully saturated rings. The molecule has 37 heavy (non-hydrogen) atoms. The van der Waals surface area contributed by atoms with E-state index in [-0.39, 0.29) is 0 Å². The first-order chi connectivity index (χ1) is 18.4. The van der Waals surface area contributed by atoms with E-state index >= 15 is 0 Å². The van der Waals surface area contributed by atoms with E-state index < -0.39 is 0 Å². The lowest BCUT2D eigenvalue weighted by Gasteiger charge is -2.17. The van der Waals surface area contributed by atoms with Gasteiger partial charge in [0.2, 0.25) is 0 Å². The van der Waals surface area contributed by atoms with Gasteiger partial charge in [-0.1, -0.05) is 193 Å². The summed E-state index contributed by atoms with van der Waals surface area (Å²) in [6.45, 7) is 3.09. The summed E-state index contributed by atoms with van der Waals surface area (Å²) in [6.07, 6.45) is 45.0. The summed E-state index contributed by atoms with van der Waals surface area (Å²) in [7, 11) is 0. The van der Waals surface area contributed by atoms with Crippen molar-refractivity contribution in [2.45, 2.75) is 218 Å². The Morgan fingerprint density at radius 2 is 0.757 bits per heavy atom. The molecule has 1 atom stereocenters. The van der Waals surface area contributed by atoms with Crippen molar-refractivity contribution in [3.05, 3.63) is 0 Å². The predicted octanol–water partition coefficient (Wildman–Crippen LogP) is 12.8. The van der Waals surface area contributed by atoms with Gasteiger partial charge in [0, 0.05) is 0 Å². The molecular weight excluding hydrogens is 452 g/mol. The van der Waals surface area contributed by atoms with Crippen LogP contribution < -0.4 is 0 Å². The van der Waals surface area contributed by atoms with Gasteiger partial charge in [0.25, 0.3) is 0 Å². The molecule has 2 nitrogen and oxygen atoms in total. The minimum Gasteiger partial charge on any atom is -0.236 e. The van der Waals surface area contributed by atoms with Gasteiger partial charge >= 0.3 is 0 Å². The molecule has 1 heterocycles. The van der Waals surface area contributed by atoms with Gasteiger partial charge in [-0.2, -0.15) is 0 Å². The summed E-state index contributed by atoms with van der Waals surface area (Å²) in [5.41, 5.74) is 0. The van der Waals surface area contributed by atoms with Crippen molar-refractivity contribution in [3.63, 3.8) is 0 Å². The van der Waals surface area contributed by atoms with Crippen molar-refractivity contribution in [2.75, 3.05) is 6.61 Å². The molecule has 222 valence electrons. The Hall–Kier alpha value is -0.0800. The quantitative estimate of drug-likeness (QED) is 0.177. The second kappa shape index (κ2) is 30.5.